The van der Waals surface area contributed by atoms with Crippen LogP contribution in [-0.2, 0) is 0 Å². The van der Waals surface area contributed by atoms with Gasteiger partial charge in [-0.3, -0.25) is 0 Å². The Labute approximate surface area is 108 Å². The van der Waals surface area contributed by atoms with E-state index in [2.05, 4.69) is 40.1 Å². The number of benzene rings is 1. The van der Waals surface area contributed by atoms with Gasteiger partial charge in [-0.1, -0.05) is 0 Å². The first-order valence-corrected chi connectivity index (χ1v) is 6.62. The number of nitrogen functional groups attached to an aromatic ring is 1. The van der Waals surface area contributed by atoms with Crippen molar-refractivity contribution < 1.29 is 0 Å². The van der Waals surface area contributed by atoms with Crippen LogP contribution >= 0.6 is 0 Å². The van der Waals surface area contributed by atoms with Crippen molar-refractivity contribution in [3.63, 3.8) is 0 Å². The summed E-state index contributed by atoms with van der Waals surface area (Å²) in [5.41, 5.74) is 9.00. The first kappa shape index (κ1) is 11.2. The van der Waals surface area contributed by atoms with E-state index in [9.17, 15) is 0 Å². The van der Waals surface area contributed by atoms with E-state index in [1.165, 1.54) is 38.0 Å². The summed E-state index contributed by atoms with van der Waals surface area (Å²) in [5.74, 6) is 0. The molecule has 0 spiro atoms. The van der Waals surface area contributed by atoms with E-state index in [1.54, 1.807) is 0 Å². The second kappa shape index (κ2) is 4.77. The van der Waals surface area contributed by atoms with Crippen molar-refractivity contribution in [2.24, 2.45) is 0 Å². The number of nitrogens with two attached hydrogens (primary N) is 1. The standard InChI is InChI=1S/C15H19N3/c16-13-4-6-14(7-5-13)18-11-8-15(12-18)17-9-2-1-3-10-17/h4-8,11-12H,1-3,9-10,16H2. The molecule has 1 aromatic heterocycles. The average Bonchev–Trinajstić information content (AvgIpc) is 2.90. The van der Waals surface area contributed by atoms with Gasteiger partial charge < -0.3 is 15.2 Å². The highest BCUT2D eigenvalue weighted by atomic mass is 15.1. The zero-order chi connectivity index (χ0) is 12.4. The molecule has 0 unspecified atom stereocenters. The second-order valence-corrected chi connectivity index (χ2v) is 4.92. The summed E-state index contributed by atoms with van der Waals surface area (Å²) < 4.78 is 2.16. The highest BCUT2D eigenvalue weighted by molar-refractivity contribution is 5.50. The third-order valence-electron chi connectivity index (χ3n) is 3.59. The molecule has 0 amide bonds. The largest absolute Gasteiger partial charge is 0.399 e. The van der Waals surface area contributed by atoms with Gasteiger partial charge in [0.1, 0.15) is 0 Å². The Hall–Kier alpha value is -1.90. The molecule has 1 aliphatic heterocycles. The molecule has 2 aromatic rings. The van der Waals surface area contributed by atoms with Gasteiger partial charge in [0.05, 0.1) is 5.69 Å². The van der Waals surface area contributed by atoms with Crippen LogP contribution in [0.15, 0.2) is 42.7 Å². The molecule has 2 N–H and O–H groups in total. The van der Waals surface area contributed by atoms with Gasteiger partial charge in [-0.2, -0.15) is 0 Å². The maximum atomic E-state index is 5.71. The molecule has 0 bridgehead atoms. The van der Waals surface area contributed by atoms with Gasteiger partial charge >= 0.3 is 0 Å². The van der Waals surface area contributed by atoms with Crippen LogP contribution in [0.2, 0.25) is 0 Å². The molecular formula is C15H19N3. The van der Waals surface area contributed by atoms with E-state index in [4.69, 9.17) is 5.73 Å². The predicted molar refractivity (Wildman–Crippen MR) is 76.2 cm³/mol. The van der Waals surface area contributed by atoms with Crippen molar-refractivity contribution >= 4 is 11.4 Å². The van der Waals surface area contributed by atoms with E-state index in [0.29, 0.717) is 0 Å². The molecule has 0 atom stereocenters. The van der Waals surface area contributed by atoms with Gasteiger partial charge in [-0.05, 0) is 49.6 Å². The fourth-order valence-corrected chi connectivity index (χ4v) is 2.53. The molecule has 0 saturated carbocycles. The van der Waals surface area contributed by atoms with Crippen LogP contribution in [0, 0.1) is 0 Å². The molecular weight excluding hydrogens is 222 g/mol. The van der Waals surface area contributed by atoms with Crippen LogP contribution < -0.4 is 10.6 Å². The minimum absolute atomic E-state index is 0.808. The van der Waals surface area contributed by atoms with Gasteiger partial charge in [0.2, 0.25) is 0 Å². The molecule has 0 radical (unpaired) electrons. The molecule has 1 aromatic carbocycles. The molecule has 3 nitrogen and oxygen atoms in total. The number of rotatable bonds is 2. The minimum Gasteiger partial charge on any atom is -0.399 e. The molecule has 1 fully saturated rings. The summed E-state index contributed by atoms with van der Waals surface area (Å²) in [6.45, 7) is 2.37. The van der Waals surface area contributed by atoms with Crippen LogP contribution in [0.5, 0.6) is 0 Å². The average molecular weight is 241 g/mol. The van der Waals surface area contributed by atoms with Crippen molar-refractivity contribution in [3.05, 3.63) is 42.7 Å². The van der Waals surface area contributed by atoms with Crippen molar-refractivity contribution in [1.82, 2.24) is 4.57 Å². The number of piperidine rings is 1. The SMILES string of the molecule is Nc1ccc(-n2ccc(N3CCCCC3)c2)cc1. The zero-order valence-corrected chi connectivity index (χ0v) is 10.5. The Balaban J connectivity index is 1.82. The molecule has 18 heavy (non-hydrogen) atoms. The number of hydrogen-bond acceptors (Lipinski definition) is 2. The lowest BCUT2D eigenvalue weighted by Gasteiger charge is -2.27. The summed E-state index contributed by atoms with van der Waals surface area (Å²) >= 11 is 0. The van der Waals surface area contributed by atoms with Crippen molar-refractivity contribution in [1.29, 1.82) is 0 Å². The van der Waals surface area contributed by atoms with Gasteiger partial charge in [0.15, 0.2) is 0 Å². The highest BCUT2D eigenvalue weighted by Gasteiger charge is 2.11. The third-order valence-corrected chi connectivity index (χ3v) is 3.59. The normalized spacial score (nSPS) is 15.9. The van der Waals surface area contributed by atoms with Crippen molar-refractivity contribution in [2.45, 2.75) is 19.3 Å². The number of nitrogens with zero attached hydrogens (tertiary/aromatic N) is 2. The van der Waals surface area contributed by atoms with E-state index in [0.717, 1.165) is 11.4 Å². The lowest BCUT2D eigenvalue weighted by atomic mass is 10.1. The lowest BCUT2D eigenvalue weighted by molar-refractivity contribution is 0.578. The molecule has 2 heterocycles. The fraction of sp³-hybridized carbons (Fsp3) is 0.333. The second-order valence-electron chi connectivity index (χ2n) is 4.92. The van der Waals surface area contributed by atoms with Crippen LogP contribution in [0.25, 0.3) is 5.69 Å². The van der Waals surface area contributed by atoms with Gasteiger partial charge in [-0.15, -0.1) is 0 Å². The van der Waals surface area contributed by atoms with Crippen molar-refractivity contribution in [2.75, 3.05) is 23.7 Å². The first-order valence-electron chi connectivity index (χ1n) is 6.62. The first-order chi connectivity index (χ1) is 8.83. The van der Waals surface area contributed by atoms with Gasteiger partial charge in [0, 0.05) is 36.9 Å². The highest BCUT2D eigenvalue weighted by Crippen LogP contribution is 2.22. The molecule has 1 aliphatic rings. The summed E-state index contributed by atoms with van der Waals surface area (Å²) in [6.07, 6.45) is 8.32. The number of hydrogen-bond donors (Lipinski definition) is 1. The third kappa shape index (κ3) is 2.21. The molecule has 1 saturated heterocycles. The molecule has 3 heteroatoms. The molecule has 0 aliphatic carbocycles. The van der Waals surface area contributed by atoms with Crippen LogP contribution in [0.3, 0.4) is 0 Å². The maximum absolute atomic E-state index is 5.71. The number of aromatic nitrogens is 1. The lowest BCUT2D eigenvalue weighted by Crippen LogP contribution is -2.28. The Bertz CT molecular complexity index is 507. The Morgan fingerprint density at radius 3 is 2.28 bits per heavy atom. The van der Waals surface area contributed by atoms with Crippen LogP contribution in [-0.4, -0.2) is 17.7 Å². The summed E-state index contributed by atoms with van der Waals surface area (Å²) in [6, 6.07) is 10.2. The Morgan fingerprint density at radius 1 is 0.833 bits per heavy atom. The Morgan fingerprint density at radius 2 is 1.56 bits per heavy atom. The van der Waals surface area contributed by atoms with Crippen LogP contribution in [0.1, 0.15) is 19.3 Å². The minimum atomic E-state index is 0.808. The Kier molecular flexibility index (Phi) is 2.97. The molecule has 94 valence electrons. The van der Waals surface area contributed by atoms with Crippen molar-refractivity contribution in [3.8, 4) is 5.69 Å². The summed E-state index contributed by atoms with van der Waals surface area (Å²) in [7, 11) is 0. The monoisotopic (exact) mass is 241 g/mol. The quantitative estimate of drug-likeness (QED) is 0.820. The fourth-order valence-electron chi connectivity index (χ4n) is 2.53. The summed E-state index contributed by atoms with van der Waals surface area (Å²) in [5, 5.41) is 0. The van der Waals surface area contributed by atoms with Gasteiger partial charge in [0.25, 0.3) is 0 Å². The van der Waals surface area contributed by atoms with E-state index < -0.39 is 0 Å². The smallest absolute Gasteiger partial charge is 0.0550 e. The van der Waals surface area contributed by atoms with Gasteiger partial charge in [-0.25, -0.2) is 0 Å². The maximum Gasteiger partial charge on any atom is 0.0550 e. The molecule has 3 rings (SSSR count). The topological polar surface area (TPSA) is 34.2 Å². The van der Waals surface area contributed by atoms with E-state index >= 15 is 0 Å². The van der Waals surface area contributed by atoms with Crippen LogP contribution in [0.4, 0.5) is 11.4 Å². The number of anilines is 2. The summed E-state index contributed by atoms with van der Waals surface area (Å²) in [4.78, 5) is 2.47. The predicted octanol–water partition coefficient (Wildman–Crippen LogP) is 3.05. The zero-order valence-electron chi connectivity index (χ0n) is 10.5. The van der Waals surface area contributed by atoms with E-state index in [-0.39, 0.29) is 0 Å². The van der Waals surface area contributed by atoms with E-state index in [1.807, 2.05) is 12.1 Å².